The Kier molecular flexibility index (Phi) is 6.59. The lowest BCUT2D eigenvalue weighted by atomic mass is 9.94. The highest BCUT2D eigenvalue weighted by atomic mass is 19.1. The number of allylic oxidation sites excluding steroid dienone is 1. The molecule has 3 aromatic carbocycles. The van der Waals surface area contributed by atoms with E-state index in [9.17, 15) is 9.18 Å². The second kappa shape index (κ2) is 10.1. The van der Waals surface area contributed by atoms with E-state index in [1.165, 1.54) is 18.5 Å². The summed E-state index contributed by atoms with van der Waals surface area (Å²) in [6.45, 7) is 4.04. The molecular formula is C28H26FN5O3. The molecule has 8 nitrogen and oxygen atoms in total. The van der Waals surface area contributed by atoms with E-state index in [1.807, 2.05) is 50.2 Å². The van der Waals surface area contributed by atoms with E-state index in [1.54, 1.807) is 30.0 Å². The molecule has 1 atom stereocenters. The van der Waals surface area contributed by atoms with Crippen LogP contribution < -0.4 is 20.1 Å². The number of hydrogen-bond acceptors (Lipinski definition) is 6. The molecule has 0 radical (unpaired) electrons. The van der Waals surface area contributed by atoms with Crippen LogP contribution in [-0.2, 0) is 11.4 Å². The van der Waals surface area contributed by atoms with Gasteiger partial charge in [-0.05, 0) is 60.9 Å². The Morgan fingerprint density at radius 1 is 1.08 bits per heavy atom. The summed E-state index contributed by atoms with van der Waals surface area (Å²) >= 11 is 0. The van der Waals surface area contributed by atoms with Gasteiger partial charge in [-0.1, -0.05) is 36.4 Å². The van der Waals surface area contributed by atoms with Gasteiger partial charge in [-0.15, -0.1) is 0 Å². The van der Waals surface area contributed by atoms with Crippen LogP contribution in [0.5, 0.6) is 11.5 Å². The molecule has 0 fully saturated rings. The Balaban J connectivity index is 1.47. The maximum Gasteiger partial charge on any atom is 0.255 e. The number of benzene rings is 3. The first-order chi connectivity index (χ1) is 17.9. The summed E-state index contributed by atoms with van der Waals surface area (Å²) in [5.41, 5.74) is 4.47. The highest BCUT2D eigenvalue weighted by molar-refractivity contribution is 6.06. The summed E-state index contributed by atoms with van der Waals surface area (Å²) in [6, 6.07) is 18.7. The van der Waals surface area contributed by atoms with Crippen LogP contribution in [0.3, 0.4) is 0 Å². The van der Waals surface area contributed by atoms with Crippen molar-refractivity contribution >= 4 is 17.5 Å². The van der Waals surface area contributed by atoms with Gasteiger partial charge in [-0.2, -0.15) is 10.1 Å². The van der Waals surface area contributed by atoms with E-state index in [4.69, 9.17) is 9.47 Å². The lowest BCUT2D eigenvalue weighted by Crippen LogP contribution is -2.31. The van der Waals surface area contributed by atoms with Gasteiger partial charge in [0, 0.05) is 11.4 Å². The summed E-state index contributed by atoms with van der Waals surface area (Å²) in [7, 11) is 1.56. The fourth-order valence-electron chi connectivity index (χ4n) is 4.31. The third kappa shape index (κ3) is 4.88. The van der Waals surface area contributed by atoms with Gasteiger partial charge >= 0.3 is 0 Å². The summed E-state index contributed by atoms with van der Waals surface area (Å²) < 4.78 is 26.5. The number of para-hydroxylation sites is 1. The zero-order valence-corrected chi connectivity index (χ0v) is 20.7. The quantitative estimate of drug-likeness (QED) is 0.361. The molecule has 0 spiro atoms. The number of aromatic nitrogens is 3. The highest BCUT2D eigenvalue weighted by Gasteiger charge is 2.34. The molecule has 37 heavy (non-hydrogen) atoms. The summed E-state index contributed by atoms with van der Waals surface area (Å²) in [6.07, 6.45) is 1.45. The molecule has 1 aliphatic rings. The van der Waals surface area contributed by atoms with Crippen LogP contribution in [0.25, 0.3) is 0 Å². The Labute approximate surface area is 213 Å². The predicted molar refractivity (Wildman–Crippen MR) is 138 cm³/mol. The Hall–Kier alpha value is -4.66. The molecule has 0 bridgehead atoms. The standard InChI is InChI=1S/C28H26FN5O3/c1-17-6-4-5-7-22(17)33-27(35)25-18(2)32-28-30-16-31-34(28)26(25)20-10-13-23(24(14-20)36-3)37-15-19-8-11-21(29)12-9-19/h4-14,16,26H,15H2,1-3H3,(H,33,35)(H,30,31,32). The van der Waals surface area contributed by atoms with Crippen LogP contribution in [0.15, 0.2) is 84.3 Å². The average Bonchev–Trinajstić information content (AvgIpc) is 3.37. The molecule has 4 aromatic rings. The molecule has 5 rings (SSSR count). The van der Waals surface area contributed by atoms with Crippen molar-refractivity contribution < 1.29 is 18.7 Å². The lowest BCUT2D eigenvalue weighted by molar-refractivity contribution is -0.113. The summed E-state index contributed by atoms with van der Waals surface area (Å²) in [5.74, 6) is 1.00. The zero-order valence-electron chi connectivity index (χ0n) is 20.7. The molecule has 0 saturated carbocycles. The molecule has 2 heterocycles. The molecule has 1 amide bonds. The van der Waals surface area contributed by atoms with Crippen LogP contribution in [0.1, 0.15) is 29.7 Å². The van der Waals surface area contributed by atoms with Crippen LogP contribution in [0, 0.1) is 12.7 Å². The maximum absolute atomic E-state index is 13.6. The first kappa shape index (κ1) is 24.1. The largest absolute Gasteiger partial charge is 0.493 e. The van der Waals surface area contributed by atoms with Crippen LogP contribution in [0.4, 0.5) is 16.0 Å². The van der Waals surface area contributed by atoms with Gasteiger partial charge in [0.05, 0.1) is 12.7 Å². The van der Waals surface area contributed by atoms with E-state index in [2.05, 4.69) is 20.7 Å². The summed E-state index contributed by atoms with van der Waals surface area (Å²) in [5, 5.41) is 10.6. The molecule has 1 aromatic heterocycles. The van der Waals surface area contributed by atoms with Crippen molar-refractivity contribution in [2.75, 3.05) is 17.7 Å². The number of methoxy groups -OCH3 is 1. The fraction of sp³-hybridized carbons (Fsp3) is 0.179. The topological polar surface area (TPSA) is 90.3 Å². The van der Waals surface area contributed by atoms with Gasteiger partial charge in [-0.25, -0.2) is 9.07 Å². The number of hydrogen-bond donors (Lipinski definition) is 2. The van der Waals surface area contributed by atoms with E-state index < -0.39 is 6.04 Å². The molecular weight excluding hydrogens is 473 g/mol. The minimum absolute atomic E-state index is 0.249. The van der Waals surface area contributed by atoms with Gasteiger partial charge in [0.15, 0.2) is 11.5 Å². The number of carbonyl (C=O) groups is 1. The molecule has 2 N–H and O–H groups in total. The number of halogens is 1. The highest BCUT2D eigenvalue weighted by Crippen LogP contribution is 2.39. The van der Waals surface area contributed by atoms with Gasteiger partial charge in [-0.3, -0.25) is 4.79 Å². The number of rotatable bonds is 7. The van der Waals surface area contributed by atoms with Gasteiger partial charge in [0.25, 0.3) is 5.91 Å². The first-order valence-corrected chi connectivity index (χ1v) is 11.7. The minimum atomic E-state index is -0.553. The number of ether oxygens (including phenoxy) is 2. The van der Waals surface area contributed by atoms with E-state index in [0.29, 0.717) is 28.7 Å². The second-order valence-electron chi connectivity index (χ2n) is 8.69. The smallest absolute Gasteiger partial charge is 0.255 e. The molecule has 1 aliphatic heterocycles. The number of nitrogens with zero attached hydrogens (tertiary/aromatic N) is 3. The molecule has 0 aliphatic carbocycles. The number of aryl methyl sites for hydroxylation is 1. The van der Waals surface area contributed by atoms with Crippen molar-refractivity contribution in [3.05, 3.63) is 107 Å². The number of nitrogens with one attached hydrogen (secondary N) is 2. The maximum atomic E-state index is 13.6. The van der Waals surface area contributed by atoms with Gasteiger partial charge in [0.2, 0.25) is 5.95 Å². The number of amides is 1. The minimum Gasteiger partial charge on any atom is -0.493 e. The summed E-state index contributed by atoms with van der Waals surface area (Å²) in [4.78, 5) is 17.9. The van der Waals surface area contributed by atoms with Crippen molar-refractivity contribution in [1.82, 2.24) is 14.8 Å². The second-order valence-corrected chi connectivity index (χ2v) is 8.69. The van der Waals surface area contributed by atoms with E-state index in [0.717, 1.165) is 22.4 Å². The zero-order chi connectivity index (χ0) is 25.9. The molecule has 9 heteroatoms. The van der Waals surface area contributed by atoms with Gasteiger partial charge in [0.1, 0.15) is 24.8 Å². The molecule has 0 saturated heterocycles. The Bertz CT molecular complexity index is 1480. The molecule has 1 unspecified atom stereocenters. The van der Waals surface area contributed by atoms with Crippen LogP contribution in [-0.4, -0.2) is 27.8 Å². The SMILES string of the molecule is COc1cc(C2C(C(=O)Nc3ccccc3C)=C(C)Nc3ncnn32)ccc1OCc1ccc(F)cc1. The Morgan fingerprint density at radius 2 is 1.86 bits per heavy atom. The van der Waals surface area contributed by atoms with Crippen molar-refractivity contribution in [3.63, 3.8) is 0 Å². The van der Waals surface area contributed by atoms with Crippen molar-refractivity contribution in [2.45, 2.75) is 26.5 Å². The van der Waals surface area contributed by atoms with E-state index >= 15 is 0 Å². The van der Waals surface area contributed by atoms with Crippen molar-refractivity contribution in [3.8, 4) is 11.5 Å². The predicted octanol–water partition coefficient (Wildman–Crippen LogP) is 5.24. The average molecular weight is 500 g/mol. The molecule has 188 valence electrons. The van der Waals surface area contributed by atoms with Crippen LogP contribution in [0.2, 0.25) is 0 Å². The lowest BCUT2D eigenvalue weighted by Gasteiger charge is -2.29. The number of anilines is 2. The number of fused-ring (bicyclic) bond motifs is 1. The number of carbonyl (C=O) groups excluding carboxylic acids is 1. The normalized spacial score (nSPS) is 14.5. The van der Waals surface area contributed by atoms with Crippen molar-refractivity contribution in [1.29, 1.82) is 0 Å². The third-order valence-electron chi connectivity index (χ3n) is 6.24. The van der Waals surface area contributed by atoms with Crippen LogP contribution >= 0.6 is 0 Å². The first-order valence-electron chi connectivity index (χ1n) is 11.7. The van der Waals surface area contributed by atoms with Gasteiger partial charge < -0.3 is 20.1 Å². The van der Waals surface area contributed by atoms with E-state index in [-0.39, 0.29) is 18.3 Å². The fourth-order valence-corrected chi connectivity index (χ4v) is 4.31. The Morgan fingerprint density at radius 3 is 2.62 bits per heavy atom. The monoisotopic (exact) mass is 499 g/mol. The third-order valence-corrected chi connectivity index (χ3v) is 6.24. The van der Waals surface area contributed by atoms with Crippen molar-refractivity contribution in [2.24, 2.45) is 0 Å².